The largest absolute Gasteiger partial charge is 0.379 e. The van der Waals surface area contributed by atoms with E-state index in [0.717, 1.165) is 39.4 Å². The van der Waals surface area contributed by atoms with Crippen molar-refractivity contribution in [1.82, 2.24) is 15.2 Å². The van der Waals surface area contributed by atoms with Crippen LogP contribution in [-0.4, -0.2) is 48.8 Å². The summed E-state index contributed by atoms with van der Waals surface area (Å²) in [5.41, 5.74) is 1.31. The lowest BCUT2D eigenvalue weighted by Gasteiger charge is -2.29. The molecule has 1 aliphatic heterocycles. The Morgan fingerprint density at radius 3 is 3.00 bits per heavy atom. The van der Waals surface area contributed by atoms with Crippen LogP contribution in [0.25, 0.3) is 0 Å². The molecule has 2 rings (SSSR count). The van der Waals surface area contributed by atoms with Crippen LogP contribution >= 0.6 is 0 Å². The highest BCUT2D eigenvalue weighted by Gasteiger charge is 2.13. The van der Waals surface area contributed by atoms with E-state index >= 15 is 0 Å². The Balaban J connectivity index is 1.65. The molecule has 0 aromatic carbocycles. The molecule has 0 spiro atoms. The number of nitrogens with zero attached hydrogens (tertiary/aromatic N) is 1. The Morgan fingerprint density at radius 1 is 1.50 bits per heavy atom. The second-order valence-corrected chi connectivity index (χ2v) is 4.41. The number of aromatic nitrogens is 1. The number of rotatable bonds is 5. The minimum atomic E-state index is 0.521. The van der Waals surface area contributed by atoms with Gasteiger partial charge in [-0.15, -0.1) is 0 Å². The fourth-order valence-corrected chi connectivity index (χ4v) is 2.00. The van der Waals surface area contributed by atoms with E-state index in [1.165, 1.54) is 5.56 Å². The van der Waals surface area contributed by atoms with Gasteiger partial charge < -0.3 is 15.0 Å². The molecule has 1 saturated heterocycles. The highest BCUT2D eigenvalue weighted by atomic mass is 16.5. The molecule has 1 aromatic heterocycles. The second kappa shape index (κ2) is 6.03. The van der Waals surface area contributed by atoms with Gasteiger partial charge in [0.05, 0.1) is 13.2 Å². The van der Waals surface area contributed by atoms with Gasteiger partial charge in [0, 0.05) is 44.6 Å². The quantitative estimate of drug-likeness (QED) is 0.776. The topological polar surface area (TPSA) is 40.3 Å². The molecule has 90 valence electrons. The lowest BCUT2D eigenvalue weighted by molar-refractivity contribution is 0.0343. The Morgan fingerprint density at radius 2 is 2.31 bits per heavy atom. The third kappa shape index (κ3) is 3.63. The van der Waals surface area contributed by atoms with Crippen LogP contribution < -0.4 is 5.32 Å². The second-order valence-electron chi connectivity index (χ2n) is 4.41. The molecule has 0 radical (unpaired) electrons. The normalized spacial score (nSPS) is 19.8. The summed E-state index contributed by atoms with van der Waals surface area (Å²) in [5.74, 6) is 0. The molecule has 4 heteroatoms. The minimum absolute atomic E-state index is 0.521. The maximum Gasteiger partial charge on any atom is 0.0594 e. The summed E-state index contributed by atoms with van der Waals surface area (Å²) in [6, 6.07) is 2.63. The van der Waals surface area contributed by atoms with Gasteiger partial charge >= 0.3 is 0 Å². The van der Waals surface area contributed by atoms with Gasteiger partial charge in [0.1, 0.15) is 0 Å². The smallest absolute Gasteiger partial charge is 0.0594 e. The molecule has 2 heterocycles. The zero-order valence-electron chi connectivity index (χ0n) is 9.91. The van der Waals surface area contributed by atoms with Gasteiger partial charge in [-0.2, -0.15) is 0 Å². The summed E-state index contributed by atoms with van der Waals surface area (Å²) in [4.78, 5) is 5.52. The molecule has 0 aliphatic carbocycles. The third-order valence-electron chi connectivity index (χ3n) is 2.95. The lowest BCUT2D eigenvalue weighted by atomic mass is 10.2. The molecular weight excluding hydrogens is 202 g/mol. The number of hydrogen-bond donors (Lipinski definition) is 2. The van der Waals surface area contributed by atoms with Crippen LogP contribution in [0.2, 0.25) is 0 Å². The Bertz CT molecular complexity index is 280. The number of nitrogens with one attached hydrogen (secondary N) is 2. The number of hydrogen-bond acceptors (Lipinski definition) is 3. The number of morpholine rings is 1. The molecule has 0 amide bonds. The van der Waals surface area contributed by atoms with Crippen LogP contribution in [0.3, 0.4) is 0 Å². The van der Waals surface area contributed by atoms with Gasteiger partial charge in [0.25, 0.3) is 0 Å². The van der Waals surface area contributed by atoms with Crippen molar-refractivity contribution in [3.05, 3.63) is 24.0 Å². The van der Waals surface area contributed by atoms with E-state index in [0.29, 0.717) is 6.04 Å². The van der Waals surface area contributed by atoms with Crippen molar-refractivity contribution in [2.45, 2.75) is 19.5 Å². The van der Waals surface area contributed by atoms with Gasteiger partial charge in [0.15, 0.2) is 0 Å². The van der Waals surface area contributed by atoms with Crippen molar-refractivity contribution in [2.24, 2.45) is 0 Å². The predicted molar refractivity (Wildman–Crippen MR) is 64.4 cm³/mol. The maximum atomic E-state index is 5.33. The summed E-state index contributed by atoms with van der Waals surface area (Å²) in [7, 11) is 0. The van der Waals surface area contributed by atoms with Crippen molar-refractivity contribution < 1.29 is 4.74 Å². The first kappa shape index (κ1) is 11.6. The summed E-state index contributed by atoms with van der Waals surface area (Å²) in [6.45, 7) is 8.17. The van der Waals surface area contributed by atoms with Crippen molar-refractivity contribution in [1.29, 1.82) is 0 Å². The zero-order valence-corrected chi connectivity index (χ0v) is 9.91. The van der Waals surface area contributed by atoms with Gasteiger partial charge in [-0.1, -0.05) is 0 Å². The Labute approximate surface area is 97.0 Å². The number of aromatic amines is 1. The highest BCUT2D eigenvalue weighted by Crippen LogP contribution is 2.00. The van der Waals surface area contributed by atoms with Crippen LogP contribution in [0.4, 0.5) is 0 Å². The molecule has 16 heavy (non-hydrogen) atoms. The van der Waals surface area contributed by atoms with E-state index in [-0.39, 0.29) is 0 Å². The Hall–Kier alpha value is -0.840. The first-order chi connectivity index (χ1) is 7.84. The van der Waals surface area contributed by atoms with E-state index in [1.807, 2.05) is 12.4 Å². The molecule has 0 saturated carbocycles. The van der Waals surface area contributed by atoms with Crippen LogP contribution in [0.1, 0.15) is 12.5 Å². The van der Waals surface area contributed by atoms with E-state index in [1.54, 1.807) is 0 Å². The summed E-state index contributed by atoms with van der Waals surface area (Å²) >= 11 is 0. The maximum absolute atomic E-state index is 5.33. The standard InChI is InChI=1S/C12H21N3O/c1-11(10-15-4-6-16-7-5-15)14-9-12-2-3-13-8-12/h2-3,8,11,13-14H,4-7,9-10H2,1H3. The van der Waals surface area contributed by atoms with Gasteiger partial charge in [-0.3, -0.25) is 4.90 Å². The first-order valence-corrected chi connectivity index (χ1v) is 6.00. The van der Waals surface area contributed by atoms with Crippen LogP contribution in [0, 0.1) is 0 Å². The summed E-state index contributed by atoms with van der Waals surface area (Å²) in [6.07, 6.45) is 4.00. The number of H-pyrrole nitrogens is 1. The van der Waals surface area contributed by atoms with Crippen molar-refractivity contribution >= 4 is 0 Å². The molecule has 1 fully saturated rings. The number of ether oxygens (including phenoxy) is 1. The monoisotopic (exact) mass is 223 g/mol. The van der Waals surface area contributed by atoms with Gasteiger partial charge in [-0.25, -0.2) is 0 Å². The average molecular weight is 223 g/mol. The average Bonchev–Trinajstić information content (AvgIpc) is 2.81. The van der Waals surface area contributed by atoms with E-state index in [9.17, 15) is 0 Å². The van der Waals surface area contributed by atoms with Crippen molar-refractivity contribution in [3.63, 3.8) is 0 Å². The highest BCUT2D eigenvalue weighted by molar-refractivity contribution is 5.07. The molecule has 4 nitrogen and oxygen atoms in total. The SMILES string of the molecule is CC(CN1CCOCC1)NCc1cc[nH]c1. The molecule has 1 aromatic rings. The molecule has 1 aliphatic rings. The fraction of sp³-hybridized carbons (Fsp3) is 0.667. The molecular formula is C12H21N3O. The minimum Gasteiger partial charge on any atom is -0.379 e. The van der Waals surface area contributed by atoms with Gasteiger partial charge in [-0.05, 0) is 18.6 Å². The fourth-order valence-electron chi connectivity index (χ4n) is 2.00. The third-order valence-corrected chi connectivity index (χ3v) is 2.95. The van der Waals surface area contributed by atoms with Crippen LogP contribution in [0.5, 0.6) is 0 Å². The van der Waals surface area contributed by atoms with E-state index < -0.39 is 0 Å². The molecule has 0 bridgehead atoms. The van der Waals surface area contributed by atoms with Crippen LogP contribution in [-0.2, 0) is 11.3 Å². The van der Waals surface area contributed by atoms with E-state index in [2.05, 4.69) is 28.2 Å². The molecule has 1 atom stereocenters. The molecule has 1 unspecified atom stereocenters. The zero-order chi connectivity index (χ0) is 11.2. The Kier molecular flexibility index (Phi) is 4.39. The summed E-state index contributed by atoms with van der Waals surface area (Å²) < 4.78 is 5.33. The molecule has 2 N–H and O–H groups in total. The lowest BCUT2D eigenvalue weighted by Crippen LogP contribution is -2.44. The summed E-state index contributed by atoms with van der Waals surface area (Å²) in [5, 5.41) is 3.53. The van der Waals surface area contributed by atoms with Crippen LogP contribution in [0.15, 0.2) is 18.5 Å². The van der Waals surface area contributed by atoms with Crippen molar-refractivity contribution in [3.8, 4) is 0 Å². The predicted octanol–water partition coefficient (Wildman–Crippen LogP) is 0.825. The van der Waals surface area contributed by atoms with Gasteiger partial charge in [0.2, 0.25) is 0 Å². The first-order valence-electron chi connectivity index (χ1n) is 6.00. The van der Waals surface area contributed by atoms with E-state index in [4.69, 9.17) is 4.74 Å². The van der Waals surface area contributed by atoms with Crippen molar-refractivity contribution in [2.75, 3.05) is 32.8 Å².